The second-order valence-corrected chi connectivity index (χ2v) is 7.31. The van der Waals surface area contributed by atoms with Gasteiger partial charge in [0.2, 0.25) is 11.9 Å². The Morgan fingerprint density at radius 3 is 2.71 bits per heavy atom. The number of benzene rings is 1. The minimum absolute atomic E-state index is 0.0170. The third-order valence-corrected chi connectivity index (χ3v) is 4.56. The molecule has 0 bridgehead atoms. The molecule has 1 amide bonds. The minimum Gasteiger partial charge on any atom is -0.293 e. The predicted octanol–water partition coefficient (Wildman–Crippen LogP) is 2.32. The number of nitrogens with one attached hydrogen (secondary N) is 1. The van der Waals surface area contributed by atoms with Gasteiger partial charge in [0.25, 0.3) is 5.78 Å². The molecule has 0 unspecified atom stereocenters. The van der Waals surface area contributed by atoms with Crippen LogP contribution in [0.15, 0.2) is 41.1 Å². The quantitative estimate of drug-likeness (QED) is 0.510. The number of carbonyl (C=O) groups is 1. The molecule has 9 nitrogen and oxygen atoms in total. The minimum atomic E-state index is -0.285. The number of hydrogen-bond acceptors (Lipinski definition) is 6. The summed E-state index contributed by atoms with van der Waals surface area (Å²) in [5.74, 6) is 0.841. The smallest absolute Gasteiger partial charge is 0.252 e. The predicted molar refractivity (Wildman–Crippen MR) is 106 cm³/mol. The number of anilines is 1. The molecule has 3 aromatic heterocycles. The Kier molecular flexibility index (Phi) is 4.86. The van der Waals surface area contributed by atoms with Crippen LogP contribution in [0.5, 0.6) is 0 Å². The van der Waals surface area contributed by atoms with Crippen LogP contribution in [-0.4, -0.2) is 40.3 Å². The summed E-state index contributed by atoms with van der Waals surface area (Å²) >= 11 is 3.41. The van der Waals surface area contributed by atoms with E-state index < -0.39 is 0 Å². The van der Waals surface area contributed by atoms with Crippen LogP contribution in [0.2, 0.25) is 0 Å². The lowest BCUT2D eigenvalue weighted by atomic mass is 10.2. The molecule has 0 aliphatic rings. The van der Waals surface area contributed by atoms with Gasteiger partial charge in [0, 0.05) is 15.9 Å². The fourth-order valence-corrected chi connectivity index (χ4v) is 3.06. The van der Waals surface area contributed by atoms with Crippen LogP contribution in [0.1, 0.15) is 22.8 Å². The zero-order valence-corrected chi connectivity index (χ0v) is 16.9. The van der Waals surface area contributed by atoms with E-state index in [0.717, 1.165) is 21.4 Å². The second-order valence-electron chi connectivity index (χ2n) is 6.40. The van der Waals surface area contributed by atoms with Gasteiger partial charge in [0.15, 0.2) is 5.82 Å². The van der Waals surface area contributed by atoms with E-state index in [-0.39, 0.29) is 18.3 Å². The SMILES string of the molecule is Cc1cc(C)n2nc(CC(=O)Nc3ncn(Cc4ccc(Br)cc4)n3)nc2n1. The molecule has 1 N–H and O–H groups in total. The number of aromatic nitrogens is 7. The zero-order chi connectivity index (χ0) is 19.7. The van der Waals surface area contributed by atoms with E-state index in [1.807, 2.05) is 44.2 Å². The van der Waals surface area contributed by atoms with E-state index in [1.54, 1.807) is 15.5 Å². The van der Waals surface area contributed by atoms with Crippen molar-refractivity contribution in [1.29, 1.82) is 0 Å². The Morgan fingerprint density at radius 2 is 1.93 bits per heavy atom. The van der Waals surface area contributed by atoms with E-state index in [4.69, 9.17) is 0 Å². The summed E-state index contributed by atoms with van der Waals surface area (Å²) in [5.41, 5.74) is 2.85. The van der Waals surface area contributed by atoms with Gasteiger partial charge in [-0.1, -0.05) is 28.1 Å². The molecule has 0 fully saturated rings. The van der Waals surface area contributed by atoms with Gasteiger partial charge >= 0.3 is 0 Å². The number of amides is 1. The molecule has 0 radical (unpaired) electrons. The van der Waals surface area contributed by atoms with Gasteiger partial charge in [0.1, 0.15) is 6.33 Å². The van der Waals surface area contributed by atoms with Crippen molar-refractivity contribution in [1.82, 2.24) is 34.3 Å². The topological polar surface area (TPSA) is 103 Å². The van der Waals surface area contributed by atoms with Gasteiger partial charge in [-0.15, -0.1) is 10.2 Å². The molecule has 0 aliphatic heterocycles. The van der Waals surface area contributed by atoms with E-state index >= 15 is 0 Å². The molecule has 0 saturated carbocycles. The van der Waals surface area contributed by atoms with Crippen molar-refractivity contribution < 1.29 is 4.79 Å². The highest BCUT2D eigenvalue weighted by Gasteiger charge is 2.13. The van der Waals surface area contributed by atoms with Crippen LogP contribution in [0.25, 0.3) is 5.78 Å². The Hall–Kier alpha value is -3.14. The summed E-state index contributed by atoms with van der Waals surface area (Å²) in [6, 6.07) is 9.84. The average Bonchev–Trinajstić information content (AvgIpc) is 3.23. The summed E-state index contributed by atoms with van der Waals surface area (Å²) < 4.78 is 4.31. The summed E-state index contributed by atoms with van der Waals surface area (Å²) in [6.45, 7) is 4.38. The molecule has 3 heterocycles. The highest BCUT2D eigenvalue weighted by molar-refractivity contribution is 9.10. The maximum Gasteiger partial charge on any atom is 0.252 e. The number of halogens is 1. The molecule has 0 spiro atoms. The van der Waals surface area contributed by atoms with Crippen molar-refractivity contribution in [2.45, 2.75) is 26.8 Å². The Balaban J connectivity index is 1.41. The van der Waals surface area contributed by atoms with E-state index in [9.17, 15) is 4.79 Å². The van der Waals surface area contributed by atoms with Crippen molar-refractivity contribution in [2.75, 3.05) is 5.32 Å². The molecule has 28 heavy (non-hydrogen) atoms. The molecule has 142 valence electrons. The van der Waals surface area contributed by atoms with Gasteiger partial charge in [0.05, 0.1) is 13.0 Å². The molecule has 0 aliphatic carbocycles. The summed E-state index contributed by atoms with van der Waals surface area (Å²) in [4.78, 5) is 25.1. The summed E-state index contributed by atoms with van der Waals surface area (Å²) in [7, 11) is 0. The Morgan fingerprint density at radius 1 is 1.14 bits per heavy atom. The van der Waals surface area contributed by atoms with Crippen LogP contribution < -0.4 is 5.32 Å². The van der Waals surface area contributed by atoms with Gasteiger partial charge in [-0.05, 0) is 37.6 Å². The molecular weight excluding hydrogens is 424 g/mol. The monoisotopic (exact) mass is 440 g/mol. The maximum absolute atomic E-state index is 12.3. The van der Waals surface area contributed by atoms with E-state index in [2.05, 4.69) is 46.4 Å². The third-order valence-electron chi connectivity index (χ3n) is 4.03. The molecule has 0 atom stereocenters. The van der Waals surface area contributed by atoms with Gasteiger partial charge in [-0.25, -0.2) is 19.2 Å². The second kappa shape index (κ2) is 7.47. The standard InChI is InChI=1S/C18H17BrN8O/c1-11-7-12(2)27-18(21-11)22-15(24-27)8-16(28)23-17-20-10-26(25-17)9-13-3-5-14(19)6-4-13/h3-7,10H,8-9H2,1-2H3,(H,23,25,28). The van der Waals surface area contributed by atoms with E-state index in [1.165, 1.54) is 0 Å². The first-order chi connectivity index (χ1) is 13.5. The highest BCUT2D eigenvalue weighted by Crippen LogP contribution is 2.12. The van der Waals surface area contributed by atoms with Gasteiger partial charge in [-0.3, -0.25) is 10.1 Å². The van der Waals surface area contributed by atoms with E-state index in [0.29, 0.717) is 18.1 Å². The average molecular weight is 441 g/mol. The lowest BCUT2D eigenvalue weighted by Gasteiger charge is -2.01. The molecule has 4 rings (SSSR count). The lowest BCUT2D eigenvalue weighted by Crippen LogP contribution is -2.16. The number of fused-ring (bicyclic) bond motifs is 1. The molecule has 1 aromatic carbocycles. The van der Waals surface area contributed by atoms with Crippen molar-refractivity contribution >= 4 is 33.6 Å². The van der Waals surface area contributed by atoms with Gasteiger partial charge in [-0.2, -0.15) is 4.98 Å². The summed E-state index contributed by atoms with van der Waals surface area (Å²) in [5, 5.41) is 11.3. The third kappa shape index (κ3) is 4.06. The number of hydrogen-bond donors (Lipinski definition) is 1. The fraction of sp³-hybridized carbons (Fsp3) is 0.222. The number of aryl methyl sites for hydroxylation is 2. The number of carbonyl (C=O) groups excluding carboxylic acids is 1. The van der Waals surface area contributed by atoms with Crippen molar-refractivity contribution in [3.63, 3.8) is 0 Å². The van der Waals surface area contributed by atoms with Gasteiger partial charge < -0.3 is 0 Å². The first kappa shape index (κ1) is 18.2. The molecule has 10 heteroatoms. The molecule has 4 aromatic rings. The highest BCUT2D eigenvalue weighted by atomic mass is 79.9. The Bertz CT molecular complexity index is 1150. The van der Waals surface area contributed by atoms with Crippen LogP contribution in [-0.2, 0) is 17.8 Å². The van der Waals surface area contributed by atoms with Crippen LogP contribution in [0, 0.1) is 13.8 Å². The summed E-state index contributed by atoms with van der Waals surface area (Å²) in [6.07, 6.45) is 1.60. The largest absolute Gasteiger partial charge is 0.293 e. The van der Waals surface area contributed by atoms with Crippen molar-refractivity contribution in [3.8, 4) is 0 Å². The van der Waals surface area contributed by atoms with Crippen molar-refractivity contribution in [3.05, 3.63) is 63.9 Å². The first-order valence-electron chi connectivity index (χ1n) is 8.60. The first-order valence-corrected chi connectivity index (χ1v) is 9.39. The van der Waals surface area contributed by atoms with Crippen LogP contribution in [0.4, 0.5) is 5.95 Å². The number of nitrogens with zero attached hydrogens (tertiary/aromatic N) is 7. The van der Waals surface area contributed by atoms with Crippen LogP contribution in [0.3, 0.4) is 0 Å². The fourth-order valence-electron chi connectivity index (χ4n) is 2.80. The Labute approximate surface area is 169 Å². The zero-order valence-electron chi connectivity index (χ0n) is 15.3. The lowest BCUT2D eigenvalue weighted by molar-refractivity contribution is -0.115. The maximum atomic E-state index is 12.3. The number of rotatable bonds is 5. The van der Waals surface area contributed by atoms with Crippen molar-refractivity contribution in [2.24, 2.45) is 0 Å². The molecule has 0 saturated heterocycles. The van der Waals surface area contributed by atoms with Crippen LogP contribution >= 0.6 is 15.9 Å². The normalized spacial score (nSPS) is 11.1. The molecular formula is C18H17BrN8O.